The third-order valence-corrected chi connectivity index (χ3v) is 10.9. The van der Waals surface area contributed by atoms with Gasteiger partial charge in [0.05, 0.1) is 16.6 Å². The van der Waals surface area contributed by atoms with E-state index in [0.717, 1.165) is 60.9 Å². The molecule has 0 aliphatic rings. The molecule has 12 aromatic rings. The first kappa shape index (κ1) is 27.7. The first-order chi connectivity index (χ1) is 25.8. The number of hydrogen-bond acceptors (Lipinski definition) is 3. The summed E-state index contributed by atoms with van der Waals surface area (Å²) in [6, 6.07) is 60.6. The molecule has 0 aliphatic heterocycles. The molecule has 0 radical (unpaired) electrons. The number of furan rings is 2. The van der Waals surface area contributed by atoms with Crippen LogP contribution in [0.1, 0.15) is 0 Å². The molecule has 0 fully saturated rings. The van der Waals surface area contributed by atoms with Gasteiger partial charge in [-0.3, -0.25) is 0 Å². The third-order valence-electron chi connectivity index (χ3n) is 10.9. The predicted octanol–water partition coefficient (Wildman–Crippen LogP) is 13.8. The molecule has 0 saturated carbocycles. The van der Waals surface area contributed by atoms with E-state index in [9.17, 15) is 0 Å². The minimum atomic E-state index is 0.858. The Morgan fingerprint density at radius 3 is 1.50 bits per heavy atom. The van der Waals surface area contributed by atoms with Gasteiger partial charge in [0, 0.05) is 72.3 Å². The molecule has 0 unspecified atom stereocenters. The topological polar surface area (TPSA) is 33.9 Å². The van der Waals surface area contributed by atoms with E-state index in [4.69, 9.17) is 8.83 Å². The van der Waals surface area contributed by atoms with Crippen LogP contribution >= 0.6 is 0 Å². The number of aromatic nitrogens is 1. The molecule has 4 aromatic heterocycles. The summed E-state index contributed by atoms with van der Waals surface area (Å²) >= 11 is 0. The van der Waals surface area contributed by atoms with Gasteiger partial charge in [0.25, 0.3) is 0 Å². The van der Waals surface area contributed by atoms with Crippen LogP contribution in [0.5, 0.6) is 0 Å². The number of benzene rings is 8. The summed E-state index contributed by atoms with van der Waals surface area (Å²) in [5.41, 5.74) is 12.7. The van der Waals surface area contributed by atoms with Crippen molar-refractivity contribution in [2.24, 2.45) is 0 Å². The Morgan fingerprint density at radius 2 is 0.827 bits per heavy atom. The molecule has 8 aromatic carbocycles. The molecule has 0 spiro atoms. The molecule has 4 heterocycles. The van der Waals surface area contributed by atoms with Crippen LogP contribution in [0.3, 0.4) is 0 Å². The van der Waals surface area contributed by atoms with Crippen molar-refractivity contribution in [1.82, 2.24) is 4.40 Å². The van der Waals surface area contributed by atoms with Gasteiger partial charge in [-0.2, -0.15) is 0 Å². The molecule has 0 saturated heterocycles. The van der Waals surface area contributed by atoms with Crippen molar-refractivity contribution in [2.75, 3.05) is 4.90 Å². The average Bonchev–Trinajstić information content (AvgIpc) is 3.95. The molecule has 242 valence electrons. The fourth-order valence-corrected chi connectivity index (χ4v) is 8.57. The zero-order chi connectivity index (χ0) is 33.9. The second-order valence-electron chi connectivity index (χ2n) is 13.7. The number of hydrogen-bond donors (Lipinski definition) is 0. The maximum Gasteiger partial charge on any atom is 0.137 e. The number of rotatable bonds is 4. The SMILES string of the molecule is c1ccc2c(c1)oc1cc(N(c3ccc(-c4ccc5c(c4)c4cccc6c7ccccc7n5c64)cc3)c3ccc4c(c3)oc3ccccc34)ccc12. The maximum atomic E-state index is 6.35. The van der Waals surface area contributed by atoms with E-state index >= 15 is 0 Å². The first-order valence-corrected chi connectivity index (χ1v) is 17.7. The standard InChI is InChI=1S/C48H28N2O2/c1-4-13-42-34(8-1)39-11-7-12-40-41-26-30(18-25-43(41)50(42)48(39)40)29-16-19-31(20-17-29)49(32-21-23-37-35-9-2-5-14-44(35)51-46(37)27-32)33-22-24-38-36-10-3-6-15-45(36)52-47(38)28-33/h1-28H. The van der Waals surface area contributed by atoms with Crippen LogP contribution in [0.15, 0.2) is 179 Å². The number of para-hydroxylation sites is 4. The van der Waals surface area contributed by atoms with Crippen LogP contribution < -0.4 is 4.90 Å². The number of anilines is 3. The predicted molar refractivity (Wildman–Crippen MR) is 216 cm³/mol. The second-order valence-corrected chi connectivity index (χ2v) is 13.7. The lowest BCUT2D eigenvalue weighted by Gasteiger charge is -2.25. The van der Waals surface area contributed by atoms with Crippen molar-refractivity contribution in [3.8, 4) is 11.1 Å². The van der Waals surface area contributed by atoms with Gasteiger partial charge in [0.15, 0.2) is 0 Å². The summed E-state index contributed by atoms with van der Waals surface area (Å²) in [6.07, 6.45) is 0. The zero-order valence-electron chi connectivity index (χ0n) is 27.9. The fourth-order valence-electron chi connectivity index (χ4n) is 8.57. The lowest BCUT2D eigenvalue weighted by molar-refractivity contribution is 0.669. The summed E-state index contributed by atoms with van der Waals surface area (Å²) in [6.45, 7) is 0. The lowest BCUT2D eigenvalue weighted by Crippen LogP contribution is -2.09. The molecule has 0 atom stereocenters. The Morgan fingerprint density at radius 1 is 0.327 bits per heavy atom. The van der Waals surface area contributed by atoms with Crippen LogP contribution in [0, 0.1) is 0 Å². The molecule has 0 bridgehead atoms. The highest BCUT2D eigenvalue weighted by Crippen LogP contribution is 2.43. The molecule has 4 nitrogen and oxygen atoms in total. The van der Waals surface area contributed by atoms with Crippen LogP contribution in [0.25, 0.3) is 93.1 Å². The molecular weight excluding hydrogens is 637 g/mol. The Bertz CT molecular complexity index is 3250. The lowest BCUT2D eigenvalue weighted by atomic mass is 10.0. The molecule has 4 heteroatoms. The minimum Gasteiger partial charge on any atom is -0.456 e. The van der Waals surface area contributed by atoms with Gasteiger partial charge in [-0.15, -0.1) is 0 Å². The van der Waals surface area contributed by atoms with Gasteiger partial charge < -0.3 is 18.1 Å². The minimum absolute atomic E-state index is 0.858. The smallest absolute Gasteiger partial charge is 0.137 e. The van der Waals surface area contributed by atoms with E-state index in [1.165, 1.54) is 49.2 Å². The van der Waals surface area contributed by atoms with Crippen molar-refractivity contribution in [2.45, 2.75) is 0 Å². The summed E-state index contributed by atoms with van der Waals surface area (Å²) in [5.74, 6) is 0. The maximum absolute atomic E-state index is 6.35. The number of fused-ring (bicyclic) bond motifs is 12. The Balaban J connectivity index is 1.00. The Kier molecular flexibility index (Phi) is 5.47. The Hall–Kier alpha value is -7.04. The summed E-state index contributed by atoms with van der Waals surface area (Å²) < 4.78 is 15.1. The first-order valence-electron chi connectivity index (χ1n) is 17.7. The quantitative estimate of drug-likeness (QED) is 0.188. The van der Waals surface area contributed by atoms with Gasteiger partial charge in [0.2, 0.25) is 0 Å². The van der Waals surface area contributed by atoms with Gasteiger partial charge >= 0.3 is 0 Å². The molecule has 0 amide bonds. The van der Waals surface area contributed by atoms with Crippen LogP contribution in [0.4, 0.5) is 17.1 Å². The van der Waals surface area contributed by atoms with E-state index < -0.39 is 0 Å². The third kappa shape index (κ3) is 3.81. The van der Waals surface area contributed by atoms with Gasteiger partial charge in [-0.25, -0.2) is 0 Å². The van der Waals surface area contributed by atoms with E-state index in [1.807, 2.05) is 24.3 Å². The van der Waals surface area contributed by atoms with Gasteiger partial charge in [-0.05, 0) is 77.9 Å². The van der Waals surface area contributed by atoms with Crippen molar-refractivity contribution in [1.29, 1.82) is 0 Å². The molecule has 52 heavy (non-hydrogen) atoms. The van der Waals surface area contributed by atoms with Crippen LogP contribution in [-0.4, -0.2) is 4.40 Å². The van der Waals surface area contributed by atoms with Gasteiger partial charge in [0.1, 0.15) is 22.3 Å². The van der Waals surface area contributed by atoms with Crippen molar-refractivity contribution in [3.63, 3.8) is 0 Å². The monoisotopic (exact) mass is 664 g/mol. The van der Waals surface area contributed by atoms with E-state index in [-0.39, 0.29) is 0 Å². The number of nitrogens with zero attached hydrogens (tertiary/aromatic N) is 2. The van der Waals surface area contributed by atoms with Crippen molar-refractivity contribution < 1.29 is 8.83 Å². The highest BCUT2D eigenvalue weighted by molar-refractivity contribution is 6.23. The molecular formula is C48H28N2O2. The summed E-state index contributed by atoms with van der Waals surface area (Å²) in [7, 11) is 0. The fraction of sp³-hybridized carbons (Fsp3) is 0. The zero-order valence-corrected chi connectivity index (χ0v) is 27.9. The van der Waals surface area contributed by atoms with Crippen LogP contribution in [-0.2, 0) is 0 Å². The van der Waals surface area contributed by atoms with Crippen molar-refractivity contribution >= 4 is 99.0 Å². The van der Waals surface area contributed by atoms with Gasteiger partial charge in [-0.1, -0.05) is 91.0 Å². The van der Waals surface area contributed by atoms with Crippen molar-refractivity contribution in [3.05, 3.63) is 170 Å². The largest absolute Gasteiger partial charge is 0.456 e. The van der Waals surface area contributed by atoms with E-state index in [1.54, 1.807) is 0 Å². The van der Waals surface area contributed by atoms with E-state index in [2.05, 4.69) is 155 Å². The highest BCUT2D eigenvalue weighted by Gasteiger charge is 2.20. The Labute approximate surface area is 297 Å². The van der Waals surface area contributed by atoms with Crippen LogP contribution in [0.2, 0.25) is 0 Å². The highest BCUT2D eigenvalue weighted by atomic mass is 16.3. The normalized spacial score (nSPS) is 12.2. The summed E-state index contributed by atoms with van der Waals surface area (Å²) in [4.78, 5) is 2.28. The molecule has 0 aliphatic carbocycles. The second kappa shape index (κ2) is 10.3. The average molecular weight is 665 g/mol. The molecule has 12 rings (SSSR count). The molecule has 0 N–H and O–H groups in total. The van der Waals surface area contributed by atoms with E-state index in [0.29, 0.717) is 0 Å². The summed E-state index contributed by atoms with van der Waals surface area (Å²) in [5, 5.41) is 9.61.